The number of hydrogen-bond donors (Lipinski definition) is 0. The van der Waals surface area contributed by atoms with E-state index in [2.05, 4.69) is 103 Å². The molecule has 0 saturated carbocycles. The van der Waals surface area contributed by atoms with E-state index in [0.717, 1.165) is 16.7 Å². The van der Waals surface area contributed by atoms with E-state index in [1.807, 2.05) is 60.7 Å². The first-order valence-corrected chi connectivity index (χ1v) is 17.4. The van der Waals surface area contributed by atoms with Gasteiger partial charge in [-0.25, -0.2) is 0 Å². The Hall–Kier alpha value is -5.67. The van der Waals surface area contributed by atoms with Gasteiger partial charge in [0.1, 0.15) is 0 Å². The fraction of sp³-hybridized carbons (Fsp3) is 0. The van der Waals surface area contributed by atoms with Crippen molar-refractivity contribution in [3.63, 3.8) is 0 Å². The topological polar surface area (TPSA) is 38.7 Å². The third-order valence-electron chi connectivity index (χ3n) is 8.74. The molecule has 0 amide bonds. The molecular formula is C43H27N3Se. The van der Waals surface area contributed by atoms with Crippen LogP contribution in [0.4, 0.5) is 0 Å². The minimum atomic E-state index is 0.164. The maximum atomic E-state index is 5.01. The van der Waals surface area contributed by atoms with Crippen LogP contribution in [-0.2, 0) is 0 Å². The van der Waals surface area contributed by atoms with Crippen LogP contribution in [0.1, 0.15) is 0 Å². The van der Waals surface area contributed by atoms with E-state index in [0.29, 0.717) is 17.5 Å². The molecule has 47 heavy (non-hydrogen) atoms. The van der Waals surface area contributed by atoms with Gasteiger partial charge < -0.3 is 0 Å². The van der Waals surface area contributed by atoms with Gasteiger partial charge in [-0.1, -0.05) is 12.1 Å². The summed E-state index contributed by atoms with van der Waals surface area (Å²) in [5.74, 6) is 1.99. The zero-order chi connectivity index (χ0) is 31.2. The number of hydrogen-bond acceptors (Lipinski definition) is 3. The van der Waals surface area contributed by atoms with Crippen LogP contribution in [0.3, 0.4) is 0 Å². The van der Waals surface area contributed by atoms with Crippen LogP contribution in [0.2, 0.25) is 0 Å². The van der Waals surface area contributed by atoms with Crippen molar-refractivity contribution >= 4 is 44.6 Å². The molecule has 0 spiro atoms. The molecule has 0 bridgehead atoms. The molecule has 9 aromatic rings. The Balaban J connectivity index is 1.24. The quantitative estimate of drug-likeness (QED) is 0.172. The molecule has 2 heterocycles. The summed E-state index contributed by atoms with van der Waals surface area (Å²) in [7, 11) is 0. The summed E-state index contributed by atoms with van der Waals surface area (Å²) in [6, 6.07) is 57.8. The average molecular weight is 665 g/mol. The van der Waals surface area contributed by atoms with Gasteiger partial charge in [0.2, 0.25) is 0 Å². The molecule has 4 heteroatoms. The van der Waals surface area contributed by atoms with E-state index in [4.69, 9.17) is 15.0 Å². The molecule has 0 radical (unpaired) electrons. The van der Waals surface area contributed by atoms with Crippen molar-refractivity contribution < 1.29 is 0 Å². The Morgan fingerprint density at radius 1 is 0.319 bits per heavy atom. The summed E-state index contributed by atoms with van der Waals surface area (Å²) >= 11 is 0.164. The van der Waals surface area contributed by atoms with Crippen molar-refractivity contribution in [1.82, 2.24) is 15.0 Å². The van der Waals surface area contributed by atoms with Gasteiger partial charge in [-0.15, -0.1) is 0 Å². The van der Waals surface area contributed by atoms with Gasteiger partial charge in [0.05, 0.1) is 0 Å². The maximum absolute atomic E-state index is 5.01. The number of rotatable bonds is 5. The molecule has 0 atom stereocenters. The Labute approximate surface area is 278 Å². The second-order valence-electron chi connectivity index (χ2n) is 11.6. The van der Waals surface area contributed by atoms with Gasteiger partial charge >= 0.3 is 268 Å². The molecular weight excluding hydrogens is 637 g/mol. The van der Waals surface area contributed by atoms with Crippen LogP contribution in [0, 0.1) is 0 Å². The molecule has 0 unspecified atom stereocenters. The average Bonchev–Trinajstić information content (AvgIpc) is 3.55. The molecule has 2 aromatic heterocycles. The molecule has 0 aliphatic rings. The van der Waals surface area contributed by atoms with Gasteiger partial charge in [0, 0.05) is 0 Å². The van der Waals surface area contributed by atoms with Gasteiger partial charge in [-0.05, 0) is 0 Å². The Morgan fingerprint density at radius 2 is 0.809 bits per heavy atom. The predicted molar refractivity (Wildman–Crippen MR) is 196 cm³/mol. The predicted octanol–water partition coefficient (Wildman–Crippen LogP) is 10.7. The molecule has 7 aromatic carbocycles. The first-order chi connectivity index (χ1) is 23.3. The second kappa shape index (κ2) is 11.6. The fourth-order valence-electron chi connectivity index (χ4n) is 6.46. The molecule has 0 aliphatic heterocycles. The Kier molecular flexibility index (Phi) is 6.82. The van der Waals surface area contributed by atoms with E-state index in [1.54, 1.807) is 0 Å². The first kappa shape index (κ1) is 27.6. The van der Waals surface area contributed by atoms with Gasteiger partial charge in [-0.2, -0.15) is 0 Å². The summed E-state index contributed by atoms with van der Waals surface area (Å²) < 4.78 is 2.90. The van der Waals surface area contributed by atoms with Crippen molar-refractivity contribution in [2.75, 3.05) is 0 Å². The normalized spacial score (nSPS) is 11.4. The van der Waals surface area contributed by atoms with Crippen molar-refractivity contribution in [3.8, 4) is 56.4 Å². The zero-order valence-electron chi connectivity index (χ0n) is 25.3. The monoisotopic (exact) mass is 665 g/mol. The van der Waals surface area contributed by atoms with Crippen molar-refractivity contribution in [1.29, 1.82) is 0 Å². The van der Waals surface area contributed by atoms with Crippen LogP contribution >= 0.6 is 0 Å². The number of fused-ring (bicyclic) bond motifs is 4. The van der Waals surface area contributed by atoms with Crippen LogP contribution in [0.15, 0.2) is 164 Å². The van der Waals surface area contributed by atoms with Crippen LogP contribution < -0.4 is 0 Å². The standard InChI is InChI=1S/C43H27N3Se/c1-4-13-28(14-5-1)33-20-11-23-36-37-24-12-22-35(40(37)47-39(33)36)34-21-10-19-29-25-26-32(27-38(29)34)43-45-41(30-15-6-2-7-16-30)44-42(46-43)31-17-8-3-9-18-31/h1-27H. The molecule has 9 rings (SSSR count). The third-order valence-corrected chi connectivity index (χ3v) is 11.4. The van der Waals surface area contributed by atoms with Crippen molar-refractivity contribution in [2.24, 2.45) is 0 Å². The summed E-state index contributed by atoms with van der Waals surface area (Å²) in [6.45, 7) is 0. The van der Waals surface area contributed by atoms with E-state index >= 15 is 0 Å². The number of nitrogens with zero attached hydrogens (tertiary/aromatic N) is 3. The molecule has 3 nitrogen and oxygen atoms in total. The molecule has 0 fully saturated rings. The first-order valence-electron chi connectivity index (χ1n) is 15.7. The molecule has 220 valence electrons. The Morgan fingerprint density at radius 3 is 1.43 bits per heavy atom. The molecule has 0 saturated heterocycles. The summed E-state index contributed by atoms with van der Waals surface area (Å²) in [5, 5.41) is 5.09. The SMILES string of the molecule is c1ccc(-c2nc(-c3ccccc3)nc(-c3ccc4cccc(-c5cccc6c5[se]c5c(-c7ccccc7)cccc56)c4c3)n2)cc1. The van der Waals surface area contributed by atoms with Crippen molar-refractivity contribution in [3.05, 3.63) is 164 Å². The third kappa shape index (κ3) is 4.96. The summed E-state index contributed by atoms with van der Waals surface area (Å²) in [5.41, 5.74) is 8.04. The molecule has 0 aliphatic carbocycles. The van der Waals surface area contributed by atoms with Crippen LogP contribution in [0.25, 0.3) is 86.5 Å². The summed E-state index contributed by atoms with van der Waals surface area (Å²) in [4.78, 5) is 14.9. The van der Waals surface area contributed by atoms with Crippen molar-refractivity contribution in [2.45, 2.75) is 0 Å². The summed E-state index contributed by atoms with van der Waals surface area (Å²) in [6.07, 6.45) is 0. The fourth-order valence-corrected chi connectivity index (χ4v) is 9.32. The van der Waals surface area contributed by atoms with Crippen LogP contribution in [0.5, 0.6) is 0 Å². The number of aromatic nitrogens is 3. The van der Waals surface area contributed by atoms with E-state index in [1.165, 1.54) is 52.3 Å². The molecule has 0 N–H and O–H groups in total. The van der Waals surface area contributed by atoms with Gasteiger partial charge in [0.25, 0.3) is 0 Å². The second-order valence-corrected chi connectivity index (χ2v) is 13.8. The van der Waals surface area contributed by atoms with E-state index in [9.17, 15) is 0 Å². The van der Waals surface area contributed by atoms with Gasteiger partial charge in [0.15, 0.2) is 0 Å². The Bertz CT molecular complexity index is 2500. The van der Waals surface area contributed by atoms with Crippen LogP contribution in [-0.4, -0.2) is 29.5 Å². The van der Waals surface area contributed by atoms with E-state index in [-0.39, 0.29) is 14.5 Å². The number of benzene rings is 7. The minimum absolute atomic E-state index is 0.164. The van der Waals surface area contributed by atoms with Gasteiger partial charge in [-0.3, -0.25) is 0 Å². The zero-order valence-corrected chi connectivity index (χ0v) is 27.1. The van der Waals surface area contributed by atoms with E-state index < -0.39 is 0 Å².